The van der Waals surface area contributed by atoms with Gasteiger partial charge < -0.3 is 4.74 Å². The molecule has 0 unspecified atom stereocenters. The molecule has 0 aromatic heterocycles. The van der Waals surface area contributed by atoms with Crippen molar-refractivity contribution in [3.8, 4) is 0 Å². The van der Waals surface area contributed by atoms with Crippen molar-refractivity contribution in [1.82, 2.24) is 0 Å². The molecule has 5 nitrogen and oxygen atoms in total. The quantitative estimate of drug-likeness (QED) is 0.440. The first-order chi connectivity index (χ1) is 8.92. The minimum absolute atomic E-state index is 0.0377. The molecule has 0 aliphatic heterocycles. The lowest BCUT2D eigenvalue weighted by atomic mass is 10.2. The van der Waals surface area contributed by atoms with E-state index in [1.807, 2.05) is 6.92 Å². The van der Waals surface area contributed by atoms with E-state index in [1.54, 1.807) is 12.1 Å². The van der Waals surface area contributed by atoms with Gasteiger partial charge in [-0.3, -0.25) is 4.18 Å². The zero-order valence-corrected chi connectivity index (χ0v) is 12.0. The smallest absolute Gasteiger partial charge is 0.403 e. The fourth-order valence-corrected chi connectivity index (χ4v) is 2.32. The Balaban J connectivity index is 2.35. The molecule has 1 rings (SSSR count). The lowest BCUT2D eigenvalue weighted by Crippen LogP contribution is -2.08. The summed E-state index contributed by atoms with van der Waals surface area (Å²) in [5.41, 5.74) is 0.107. The van der Waals surface area contributed by atoms with Crippen molar-refractivity contribution >= 4 is 27.1 Å². The highest BCUT2D eigenvalue weighted by atomic mass is 35.5. The molecule has 106 valence electrons. The van der Waals surface area contributed by atoms with E-state index in [0.29, 0.717) is 12.8 Å². The number of benzene rings is 1. The third-order valence-electron chi connectivity index (χ3n) is 2.30. The third kappa shape index (κ3) is 6.04. The van der Waals surface area contributed by atoms with Gasteiger partial charge in [0.05, 0.1) is 18.1 Å². The first-order valence-corrected chi connectivity index (χ1v) is 7.49. The molecule has 0 saturated heterocycles. The number of aryl methyl sites for hydroxylation is 1. The zero-order valence-electron chi connectivity index (χ0n) is 10.5. The van der Waals surface area contributed by atoms with Gasteiger partial charge in [0.15, 0.2) is 0 Å². The Morgan fingerprint density at radius 3 is 2.32 bits per heavy atom. The van der Waals surface area contributed by atoms with Crippen LogP contribution in [0.4, 0.5) is 4.79 Å². The summed E-state index contributed by atoms with van der Waals surface area (Å²) in [5.74, 6) is 0. The second-order valence-electron chi connectivity index (χ2n) is 3.88. The highest BCUT2D eigenvalue weighted by Crippen LogP contribution is 2.13. The van der Waals surface area contributed by atoms with Crippen LogP contribution in [0.2, 0.25) is 0 Å². The number of hydrogen-bond acceptors (Lipinski definition) is 5. The predicted octanol–water partition coefficient (Wildman–Crippen LogP) is 2.86. The van der Waals surface area contributed by atoms with Gasteiger partial charge in [-0.05, 0) is 31.9 Å². The Morgan fingerprint density at radius 1 is 1.16 bits per heavy atom. The number of halogens is 1. The van der Waals surface area contributed by atoms with Crippen LogP contribution in [0.15, 0.2) is 29.2 Å². The molecule has 0 spiro atoms. The highest BCUT2D eigenvalue weighted by Gasteiger charge is 2.14. The number of carbonyl (C=O) groups is 1. The van der Waals surface area contributed by atoms with Crippen molar-refractivity contribution in [3.63, 3.8) is 0 Å². The first kappa shape index (κ1) is 15.9. The van der Waals surface area contributed by atoms with Gasteiger partial charge in [-0.2, -0.15) is 8.42 Å². The number of unbranched alkanes of at least 4 members (excludes halogenated alkanes) is 1. The maximum Gasteiger partial charge on any atom is 0.403 e. The Labute approximate surface area is 117 Å². The summed E-state index contributed by atoms with van der Waals surface area (Å²) in [5, 5.41) is 0. The summed E-state index contributed by atoms with van der Waals surface area (Å²) < 4.78 is 32.9. The van der Waals surface area contributed by atoms with Gasteiger partial charge >= 0.3 is 5.43 Å². The van der Waals surface area contributed by atoms with Crippen LogP contribution in [0.25, 0.3) is 0 Å². The second-order valence-corrected chi connectivity index (χ2v) is 5.81. The maximum absolute atomic E-state index is 11.8. The number of ether oxygens (including phenoxy) is 1. The molecule has 0 fully saturated rings. The van der Waals surface area contributed by atoms with E-state index in [9.17, 15) is 13.2 Å². The van der Waals surface area contributed by atoms with Gasteiger partial charge in [0, 0.05) is 11.6 Å². The Hall–Kier alpha value is -1.11. The zero-order chi connectivity index (χ0) is 14.3. The van der Waals surface area contributed by atoms with Crippen LogP contribution in [0, 0.1) is 6.92 Å². The molecule has 0 saturated carbocycles. The summed E-state index contributed by atoms with van der Waals surface area (Å²) in [7, 11) is -3.71. The van der Waals surface area contributed by atoms with Crippen LogP contribution in [-0.4, -0.2) is 27.1 Å². The van der Waals surface area contributed by atoms with Crippen LogP contribution in [0.5, 0.6) is 0 Å². The van der Waals surface area contributed by atoms with Gasteiger partial charge in [0.2, 0.25) is 0 Å². The van der Waals surface area contributed by atoms with Crippen LogP contribution in [0.1, 0.15) is 18.4 Å². The molecule has 0 heterocycles. The summed E-state index contributed by atoms with van der Waals surface area (Å²) in [6.07, 6.45) is 0.942. The van der Waals surface area contributed by atoms with E-state index in [2.05, 4.69) is 4.74 Å². The molecule has 0 N–H and O–H groups in total. The summed E-state index contributed by atoms with van der Waals surface area (Å²) in [6, 6.07) is 6.41. The minimum Gasteiger partial charge on any atom is -0.454 e. The van der Waals surface area contributed by atoms with Crippen molar-refractivity contribution in [2.24, 2.45) is 0 Å². The standard InChI is InChI=1S/C12H15ClO5S/c1-10-4-6-11(7-5-10)19(15,16)18-9-3-2-8-17-12(13)14/h4-7H,2-3,8-9H2,1H3. The minimum atomic E-state index is -3.71. The van der Waals surface area contributed by atoms with E-state index in [1.165, 1.54) is 12.1 Å². The normalized spacial score (nSPS) is 11.3. The van der Waals surface area contributed by atoms with Crippen LogP contribution >= 0.6 is 11.6 Å². The Bertz CT molecular complexity index is 509. The van der Waals surface area contributed by atoms with Crippen LogP contribution < -0.4 is 0 Å². The Kier molecular flexibility index (Phi) is 6.27. The number of hydrogen-bond donors (Lipinski definition) is 0. The fraction of sp³-hybridized carbons (Fsp3) is 0.417. The van der Waals surface area contributed by atoms with Gasteiger partial charge in [-0.1, -0.05) is 17.7 Å². The summed E-state index contributed by atoms with van der Waals surface area (Å²) in [6.45, 7) is 2.06. The largest absolute Gasteiger partial charge is 0.454 e. The highest BCUT2D eigenvalue weighted by molar-refractivity contribution is 7.86. The molecular weight excluding hydrogens is 292 g/mol. The molecule has 1 aromatic rings. The van der Waals surface area contributed by atoms with E-state index in [-0.39, 0.29) is 18.1 Å². The van der Waals surface area contributed by atoms with Gasteiger partial charge in [-0.25, -0.2) is 4.79 Å². The monoisotopic (exact) mass is 306 g/mol. The van der Waals surface area contributed by atoms with E-state index < -0.39 is 15.5 Å². The molecule has 0 atom stereocenters. The predicted molar refractivity (Wildman–Crippen MR) is 70.8 cm³/mol. The summed E-state index contributed by atoms with van der Waals surface area (Å²) in [4.78, 5) is 10.4. The average Bonchev–Trinajstić information content (AvgIpc) is 2.34. The molecule has 0 aliphatic rings. The lowest BCUT2D eigenvalue weighted by Gasteiger charge is -2.06. The van der Waals surface area contributed by atoms with E-state index in [0.717, 1.165) is 5.56 Å². The molecular formula is C12H15ClO5S. The van der Waals surface area contributed by atoms with Crippen LogP contribution in [0.3, 0.4) is 0 Å². The number of rotatable bonds is 7. The third-order valence-corrected chi connectivity index (χ3v) is 3.74. The van der Waals surface area contributed by atoms with Crippen molar-refractivity contribution in [2.75, 3.05) is 13.2 Å². The molecule has 1 aromatic carbocycles. The molecule has 0 bridgehead atoms. The summed E-state index contributed by atoms with van der Waals surface area (Å²) >= 11 is 4.97. The molecule has 19 heavy (non-hydrogen) atoms. The van der Waals surface area contributed by atoms with E-state index >= 15 is 0 Å². The maximum atomic E-state index is 11.8. The molecule has 0 aliphatic carbocycles. The average molecular weight is 307 g/mol. The van der Waals surface area contributed by atoms with Crippen molar-refractivity contribution in [1.29, 1.82) is 0 Å². The lowest BCUT2D eigenvalue weighted by molar-refractivity contribution is 0.168. The van der Waals surface area contributed by atoms with Gasteiger partial charge in [0.25, 0.3) is 10.1 Å². The second kappa shape index (κ2) is 7.47. The molecule has 7 heteroatoms. The Morgan fingerprint density at radius 2 is 1.74 bits per heavy atom. The number of carbonyl (C=O) groups excluding carboxylic acids is 1. The molecule has 0 radical (unpaired) electrons. The van der Waals surface area contributed by atoms with Gasteiger partial charge in [-0.15, -0.1) is 0 Å². The van der Waals surface area contributed by atoms with Gasteiger partial charge in [0.1, 0.15) is 0 Å². The van der Waals surface area contributed by atoms with Crippen molar-refractivity contribution in [3.05, 3.63) is 29.8 Å². The SMILES string of the molecule is Cc1ccc(S(=O)(=O)OCCCCOC(=O)Cl)cc1. The van der Waals surface area contributed by atoms with Crippen LogP contribution in [-0.2, 0) is 19.0 Å². The topological polar surface area (TPSA) is 69.7 Å². The molecule has 0 amide bonds. The van der Waals surface area contributed by atoms with E-state index in [4.69, 9.17) is 15.8 Å². The van der Waals surface area contributed by atoms with Crippen molar-refractivity contribution in [2.45, 2.75) is 24.7 Å². The fourth-order valence-electron chi connectivity index (χ4n) is 1.30. The van der Waals surface area contributed by atoms with Crippen molar-refractivity contribution < 1.29 is 22.1 Å². The first-order valence-electron chi connectivity index (χ1n) is 5.70.